The number of likely N-dealkylation sites (tertiary alicyclic amines) is 1. The fraction of sp³-hybridized carbons (Fsp3) is 0.579. The number of hydrogen-bond acceptors (Lipinski definition) is 3. The Morgan fingerprint density at radius 3 is 2.59 bits per heavy atom. The van der Waals surface area contributed by atoms with E-state index in [0.717, 1.165) is 25.0 Å². The molecule has 0 aliphatic carbocycles. The van der Waals surface area contributed by atoms with Gasteiger partial charge in [0.05, 0.1) is 16.6 Å². The van der Waals surface area contributed by atoms with Gasteiger partial charge < -0.3 is 14.2 Å². The van der Waals surface area contributed by atoms with E-state index in [2.05, 4.69) is 4.98 Å². The molecular weight excluding hydrogens is 359 g/mol. The van der Waals surface area contributed by atoms with Gasteiger partial charge in [0.15, 0.2) is 0 Å². The normalized spacial score (nSPS) is 18.8. The molecule has 1 fully saturated rings. The third-order valence-corrected chi connectivity index (χ3v) is 4.68. The lowest BCUT2D eigenvalue weighted by Gasteiger charge is -2.33. The van der Waals surface area contributed by atoms with Crippen molar-refractivity contribution in [3.8, 4) is 0 Å². The average molecular weight is 383 g/mol. The molecule has 148 valence electrons. The Kier molecular flexibility index (Phi) is 4.86. The molecule has 2 aromatic rings. The number of ether oxygens (including phenoxy) is 1. The SMILES string of the molecule is Cn1c(C2CCCN(C(=O)OC(C)(C)C)C2)nc2cc(C(F)(F)F)ccc21. The lowest BCUT2D eigenvalue weighted by molar-refractivity contribution is -0.137. The molecule has 1 aliphatic heterocycles. The first kappa shape index (κ1) is 19.5. The first-order valence-electron chi connectivity index (χ1n) is 8.97. The van der Waals surface area contributed by atoms with E-state index in [0.29, 0.717) is 29.9 Å². The maximum atomic E-state index is 13.0. The van der Waals surface area contributed by atoms with Gasteiger partial charge in [-0.3, -0.25) is 0 Å². The van der Waals surface area contributed by atoms with Gasteiger partial charge in [-0.15, -0.1) is 0 Å². The largest absolute Gasteiger partial charge is 0.444 e. The number of aromatic nitrogens is 2. The Labute approximate surface area is 156 Å². The van der Waals surface area contributed by atoms with Crippen LogP contribution in [0, 0.1) is 0 Å². The van der Waals surface area contributed by atoms with Crippen LogP contribution in [0.4, 0.5) is 18.0 Å². The second-order valence-electron chi connectivity index (χ2n) is 8.00. The quantitative estimate of drug-likeness (QED) is 0.717. The number of nitrogens with zero attached hydrogens (tertiary/aromatic N) is 3. The van der Waals surface area contributed by atoms with Gasteiger partial charge in [-0.25, -0.2) is 9.78 Å². The van der Waals surface area contributed by atoms with Crippen LogP contribution in [0.25, 0.3) is 11.0 Å². The van der Waals surface area contributed by atoms with Crippen LogP contribution in [0.1, 0.15) is 50.9 Å². The van der Waals surface area contributed by atoms with Gasteiger partial charge >= 0.3 is 12.3 Å². The molecule has 27 heavy (non-hydrogen) atoms. The Morgan fingerprint density at radius 1 is 1.26 bits per heavy atom. The van der Waals surface area contributed by atoms with Crippen molar-refractivity contribution >= 4 is 17.1 Å². The molecule has 2 heterocycles. The third kappa shape index (κ3) is 4.20. The number of aryl methyl sites for hydroxylation is 1. The van der Waals surface area contributed by atoms with Crippen molar-refractivity contribution in [3.05, 3.63) is 29.6 Å². The summed E-state index contributed by atoms with van der Waals surface area (Å²) >= 11 is 0. The summed E-state index contributed by atoms with van der Waals surface area (Å²) < 4.78 is 46.1. The highest BCUT2D eigenvalue weighted by Gasteiger charge is 2.33. The topological polar surface area (TPSA) is 47.4 Å². The fourth-order valence-corrected chi connectivity index (χ4v) is 3.44. The van der Waals surface area contributed by atoms with Crippen molar-refractivity contribution in [1.29, 1.82) is 0 Å². The zero-order valence-electron chi connectivity index (χ0n) is 15.9. The number of amides is 1. The van der Waals surface area contributed by atoms with Crippen LogP contribution in [0.15, 0.2) is 18.2 Å². The maximum Gasteiger partial charge on any atom is 0.416 e. The second kappa shape index (κ2) is 6.73. The summed E-state index contributed by atoms with van der Waals surface area (Å²) in [5.41, 5.74) is -0.321. The standard InChI is InChI=1S/C19H24F3N3O2/c1-18(2,3)27-17(26)25-9-5-6-12(11-25)16-23-14-10-13(19(20,21)22)7-8-15(14)24(16)4/h7-8,10,12H,5-6,9,11H2,1-4H3. The van der Waals surface area contributed by atoms with Crippen molar-refractivity contribution in [2.45, 2.75) is 51.3 Å². The van der Waals surface area contributed by atoms with E-state index in [9.17, 15) is 18.0 Å². The molecule has 0 N–H and O–H groups in total. The smallest absolute Gasteiger partial charge is 0.416 e. The Balaban J connectivity index is 1.86. The van der Waals surface area contributed by atoms with E-state index in [4.69, 9.17) is 4.74 Å². The number of benzene rings is 1. The predicted octanol–water partition coefficient (Wildman–Crippen LogP) is 4.71. The third-order valence-electron chi connectivity index (χ3n) is 4.68. The van der Waals surface area contributed by atoms with Gasteiger partial charge in [0.2, 0.25) is 0 Å². The van der Waals surface area contributed by atoms with E-state index in [1.54, 1.807) is 11.9 Å². The van der Waals surface area contributed by atoms with Gasteiger partial charge in [0, 0.05) is 26.1 Å². The lowest BCUT2D eigenvalue weighted by atomic mass is 9.97. The molecule has 1 unspecified atom stereocenters. The van der Waals surface area contributed by atoms with Crippen LogP contribution < -0.4 is 0 Å². The minimum Gasteiger partial charge on any atom is -0.444 e. The molecule has 1 amide bonds. The number of alkyl halides is 3. The molecule has 8 heteroatoms. The highest BCUT2D eigenvalue weighted by molar-refractivity contribution is 5.77. The molecule has 1 aromatic heterocycles. The summed E-state index contributed by atoms with van der Waals surface area (Å²) in [6.07, 6.45) is -3.15. The molecule has 1 aliphatic rings. The van der Waals surface area contributed by atoms with E-state index in [1.807, 2.05) is 25.3 Å². The Hall–Kier alpha value is -2.25. The van der Waals surface area contributed by atoms with E-state index in [1.165, 1.54) is 6.07 Å². The lowest BCUT2D eigenvalue weighted by Crippen LogP contribution is -2.42. The zero-order chi connectivity index (χ0) is 20.0. The molecule has 5 nitrogen and oxygen atoms in total. The second-order valence-corrected chi connectivity index (χ2v) is 8.00. The molecule has 0 saturated carbocycles. The summed E-state index contributed by atoms with van der Waals surface area (Å²) in [7, 11) is 1.80. The Morgan fingerprint density at radius 2 is 1.96 bits per heavy atom. The summed E-state index contributed by atoms with van der Waals surface area (Å²) in [4.78, 5) is 18.5. The average Bonchev–Trinajstić information content (AvgIpc) is 2.89. The summed E-state index contributed by atoms with van der Waals surface area (Å²) in [5.74, 6) is 0.649. The molecule has 1 saturated heterocycles. The van der Waals surface area contributed by atoms with Crippen molar-refractivity contribution in [2.75, 3.05) is 13.1 Å². The summed E-state index contributed by atoms with van der Waals surface area (Å²) in [6.45, 7) is 6.49. The number of halogens is 3. The summed E-state index contributed by atoms with van der Waals surface area (Å²) in [5, 5.41) is 0. The van der Waals surface area contributed by atoms with Crippen LogP contribution in [0.2, 0.25) is 0 Å². The van der Waals surface area contributed by atoms with Crippen molar-refractivity contribution < 1.29 is 22.7 Å². The van der Waals surface area contributed by atoms with Crippen LogP contribution in [0.5, 0.6) is 0 Å². The first-order chi connectivity index (χ1) is 12.5. The Bertz CT molecular complexity index is 852. The van der Waals surface area contributed by atoms with Crippen LogP contribution >= 0.6 is 0 Å². The molecule has 0 radical (unpaired) electrons. The molecule has 1 atom stereocenters. The fourth-order valence-electron chi connectivity index (χ4n) is 3.44. The predicted molar refractivity (Wildman–Crippen MR) is 95.5 cm³/mol. The highest BCUT2D eigenvalue weighted by atomic mass is 19.4. The van der Waals surface area contributed by atoms with Gasteiger partial charge in [0.25, 0.3) is 0 Å². The van der Waals surface area contributed by atoms with Crippen LogP contribution in [0.3, 0.4) is 0 Å². The molecule has 0 bridgehead atoms. The van der Waals surface area contributed by atoms with Gasteiger partial charge in [-0.2, -0.15) is 13.2 Å². The summed E-state index contributed by atoms with van der Waals surface area (Å²) in [6, 6.07) is 3.60. The molecular formula is C19H24F3N3O2. The number of carbonyl (C=O) groups is 1. The van der Waals surface area contributed by atoms with Crippen molar-refractivity contribution in [3.63, 3.8) is 0 Å². The number of fused-ring (bicyclic) bond motifs is 1. The minimum atomic E-state index is -4.40. The number of piperidine rings is 1. The maximum absolute atomic E-state index is 13.0. The van der Waals surface area contributed by atoms with Crippen molar-refractivity contribution in [1.82, 2.24) is 14.5 Å². The van der Waals surface area contributed by atoms with E-state index in [-0.39, 0.29) is 12.0 Å². The number of hydrogen-bond donors (Lipinski definition) is 0. The molecule has 3 rings (SSSR count). The number of carbonyl (C=O) groups excluding carboxylic acids is 1. The van der Waals surface area contributed by atoms with Gasteiger partial charge in [-0.05, 0) is 51.8 Å². The minimum absolute atomic E-state index is 0.0435. The van der Waals surface area contributed by atoms with Gasteiger partial charge in [0.1, 0.15) is 11.4 Å². The first-order valence-corrected chi connectivity index (χ1v) is 8.97. The molecule has 1 aromatic carbocycles. The van der Waals surface area contributed by atoms with Crippen molar-refractivity contribution in [2.24, 2.45) is 7.05 Å². The van der Waals surface area contributed by atoms with Crippen LogP contribution in [-0.2, 0) is 18.0 Å². The van der Waals surface area contributed by atoms with E-state index < -0.39 is 17.3 Å². The van der Waals surface area contributed by atoms with Gasteiger partial charge in [-0.1, -0.05) is 0 Å². The van der Waals surface area contributed by atoms with E-state index >= 15 is 0 Å². The molecule has 0 spiro atoms. The highest BCUT2D eigenvalue weighted by Crippen LogP contribution is 2.33. The monoisotopic (exact) mass is 383 g/mol. The number of rotatable bonds is 1. The van der Waals surface area contributed by atoms with Crippen LogP contribution in [-0.4, -0.2) is 39.2 Å². The number of imidazole rings is 1. The zero-order valence-corrected chi connectivity index (χ0v) is 15.9.